The summed E-state index contributed by atoms with van der Waals surface area (Å²) in [6, 6.07) is 0.715. The van der Waals surface area contributed by atoms with Crippen LogP contribution < -0.4 is 5.32 Å². The van der Waals surface area contributed by atoms with Gasteiger partial charge < -0.3 is 10.2 Å². The van der Waals surface area contributed by atoms with Gasteiger partial charge in [0.25, 0.3) is 0 Å². The molecule has 1 N–H and O–H groups in total. The molecule has 2 nitrogen and oxygen atoms in total. The normalized spacial score (nSPS) is 34.6. The molecule has 2 atom stereocenters. The first-order chi connectivity index (χ1) is 8.84. The van der Waals surface area contributed by atoms with Gasteiger partial charge in [-0.25, -0.2) is 0 Å². The van der Waals surface area contributed by atoms with E-state index >= 15 is 0 Å². The third kappa shape index (κ3) is 3.72. The van der Waals surface area contributed by atoms with Crippen LogP contribution >= 0.6 is 0 Å². The van der Waals surface area contributed by atoms with E-state index in [1.807, 2.05) is 0 Å². The van der Waals surface area contributed by atoms with E-state index < -0.39 is 0 Å². The first kappa shape index (κ1) is 15.3. The van der Waals surface area contributed by atoms with Gasteiger partial charge in [0.15, 0.2) is 0 Å². The summed E-state index contributed by atoms with van der Waals surface area (Å²) < 4.78 is 0. The van der Waals surface area contributed by atoms with Crippen LogP contribution in [0.5, 0.6) is 0 Å². The van der Waals surface area contributed by atoms with Crippen molar-refractivity contribution in [3.63, 3.8) is 0 Å². The fraction of sp³-hybridized carbons (Fsp3) is 1.00. The van der Waals surface area contributed by atoms with E-state index in [2.05, 4.69) is 44.8 Å². The molecule has 1 aliphatic carbocycles. The Labute approximate surface area is 120 Å². The minimum atomic E-state index is 0.482. The summed E-state index contributed by atoms with van der Waals surface area (Å²) in [5.74, 6) is 0.858. The van der Waals surface area contributed by atoms with E-state index in [4.69, 9.17) is 0 Å². The minimum absolute atomic E-state index is 0.482. The lowest BCUT2D eigenvalue weighted by molar-refractivity contribution is 0.106. The fourth-order valence-electron chi connectivity index (χ4n) is 4.05. The first-order valence-electron chi connectivity index (χ1n) is 8.30. The van der Waals surface area contributed by atoms with Crippen molar-refractivity contribution in [2.24, 2.45) is 16.7 Å². The summed E-state index contributed by atoms with van der Waals surface area (Å²) >= 11 is 0. The third-order valence-electron chi connectivity index (χ3n) is 5.60. The van der Waals surface area contributed by atoms with Crippen LogP contribution in [0.3, 0.4) is 0 Å². The Morgan fingerprint density at radius 1 is 1.05 bits per heavy atom. The molecule has 2 heteroatoms. The molecule has 2 fully saturated rings. The molecule has 1 heterocycles. The topological polar surface area (TPSA) is 15.3 Å². The van der Waals surface area contributed by atoms with Crippen LogP contribution in [0.2, 0.25) is 0 Å². The highest BCUT2D eigenvalue weighted by molar-refractivity contribution is 4.97. The van der Waals surface area contributed by atoms with Crippen LogP contribution in [-0.2, 0) is 0 Å². The zero-order valence-corrected chi connectivity index (χ0v) is 13.8. The Morgan fingerprint density at radius 3 is 2.26 bits per heavy atom. The predicted molar refractivity (Wildman–Crippen MR) is 83.4 cm³/mol. The maximum absolute atomic E-state index is 3.76. The molecule has 0 aromatic heterocycles. The Hall–Kier alpha value is -0.0800. The Balaban J connectivity index is 1.89. The quantitative estimate of drug-likeness (QED) is 0.837. The highest BCUT2D eigenvalue weighted by Gasteiger charge is 2.42. The standard InChI is InChI=1S/C17H34N2/c1-6-18-15-14(7-8-17(15,4)5)13-19-11-9-16(2,3)10-12-19/h14-15,18H,6-13H2,1-5H3. The molecular formula is C17H34N2. The zero-order valence-electron chi connectivity index (χ0n) is 13.8. The van der Waals surface area contributed by atoms with Crippen molar-refractivity contribution < 1.29 is 0 Å². The summed E-state index contributed by atoms with van der Waals surface area (Å²) in [4.78, 5) is 2.72. The van der Waals surface area contributed by atoms with Crippen molar-refractivity contribution in [1.29, 1.82) is 0 Å². The largest absolute Gasteiger partial charge is 0.313 e. The highest BCUT2D eigenvalue weighted by atomic mass is 15.1. The molecular weight excluding hydrogens is 232 g/mol. The number of nitrogens with zero attached hydrogens (tertiary/aromatic N) is 1. The Morgan fingerprint density at radius 2 is 1.68 bits per heavy atom. The number of hydrogen-bond acceptors (Lipinski definition) is 2. The van der Waals surface area contributed by atoms with Crippen molar-refractivity contribution in [2.75, 3.05) is 26.2 Å². The monoisotopic (exact) mass is 266 g/mol. The van der Waals surface area contributed by atoms with E-state index in [0.29, 0.717) is 16.9 Å². The Kier molecular flexibility index (Phi) is 4.62. The first-order valence-corrected chi connectivity index (χ1v) is 8.30. The van der Waals surface area contributed by atoms with E-state index in [0.717, 1.165) is 12.5 Å². The molecule has 0 spiro atoms. The summed E-state index contributed by atoms with van der Waals surface area (Å²) in [6.45, 7) is 17.0. The van der Waals surface area contributed by atoms with Gasteiger partial charge in [0.05, 0.1) is 0 Å². The molecule has 112 valence electrons. The molecule has 0 aromatic rings. The average molecular weight is 266 g/mol. The molecule has 2 rings (SSSR count). The SMILES string of the molecule is CCNC1C(CN2CCC(C)(C)CC2)CCC1(C)C. The lowest BCUT2D eigenvalue weighted by Gasteiger charge is -2.40. The van der Waals surface area contributed by atoms with Crippen LogP contribution in [0, 0.1) is 16.7 Å². The van der Waals surface area contributed by atoms with Crippen molar-refractivity contribution >= 4 is 0 Å². The van der Waals surface area contributed by atoms with Gasteiger partial charge in [-0.2, -0.15) is 0 Å². The van der Waals surface area contributed by atoms with E-state index in [-0.39, 0.29) is 0 Å². The smallest absolute Gasteiger partial charge is 0.0159 e. The maximum Gasteiger partial charge on any atom is 0.0159 e. The molecule has 2 unspecified atom stereocenters. The van der Waals surface area contributed by atoms with Gasteiger partial charge in [0, 0.05) is 12.6 Å². The number of hydrogen-bond donors (Lipinski definition) is 1. The lowest BCUT2D eigenvalue weighted by Crippen LogP contribution is -2.47. The van der Waals surface area contributed by atoms with E-state index in [1.165, 1.54) is 45.3 Å². The molecule has 1 saturated heterocycles. The van der Waals surface area contributed by atoms with Gasteiger partial charge in [-0.05, 0) is 62.1 Å². The second-order valence-electron chi connectivity index (χ2n) is 8.29. The molecule has 0 bridgehead atoms. The maximum atomic E-state index is 3.76. The van der Waals surface area contributed by atoms with Gasteiger partial charge in [-0.3, -0.25) is 0 Å². The molecule has 1 aliphatic heterocycles. The number of likely N-dealkylation sites (tertiary alicyclic amines) is 1. The van der Waals surface area contributed by atoms with Gasteiger partial charge in [0.1, 0.15) is 0 Å². The predicted octanol–water partition coefficient (Wildman–Crippen LogP) is 3.52. The molecule has 19 heavy (non-hydrogen) atoms. The van der Waals surface area contributed by atoms with Crippen LogP contribution in [0.15, 0.2) is 0 Å². The minimum Gasteiger partial charge on any atom is -0.313 e. The number of nitrogens with one attached hydrogen (secondary N) is 1. The summed E-state index contributed by atoms with van der Waals surface area (Å²) in [5, 5.41) is 3.76. The van der Waals surface area contributed by atoms with Crippen molar-refractivity contribution in [1.82, 2.24) is 10.2 Å². The van der Waals surface area contributed by atoms with Gasteiger partial charge in [0.2, 0.25) is 0 Å². The molecule has 0 amide bonds. The van der Waals surface area contributed by atoms with Gasteiger partial charge >= 0.3 is 0 Å². The molecule has 0 aromatic carbocycles. The van der Waals surface area contributed by atoms with Crippen molar-refractivity contribution in [2.45, 2.75) is 66.3 Å². The van der Waals surface area contributed by atoms with E-state index in [1.54, 1.807) is 0 Å². The zero-order chi connectivity index (χ0) is 14.1. The lowest BCUT2D eigenvalue weighted by atomic mass is 9.81. The van der Waals surface area contributed by atoms with Crippen LogP contribution in [0.25, 0.3) is 0 Å². The molecule has 2 aliphatic rings. The number of piperidine rings is 1. The van der Waals surface area contributed by atoms with Crippen LogP contribution in [-0.4, -0.2) is 37.1 Å². The summed E-state index contributed by atoms with van der Waals surface area (Å²) in [5.41, 5.74) is 1.06. The summed E-state index contributed by atoms with van der Waals surface area (Å²) in [7, 11) is 0. The highest BCUT2D eigenvalue weighted by Crippen LogP contribution is 2.42. The second kappa shape index (κ2) is 5.73. The average Bonchev–Trinajstić information content (AvgIpc) is 2.60. The molecule has 0 radical (unpaired) electrons. The van der Waals surface area contributed by atoms with Crippen molar-refractivity contribution in [3.05, 3.63) is 0 Å². The van der Waals surface area contributed by atoms with Crippen LogP contribution in [0.1, 0.15) is 60.3 Å². The van der Waals surface area contributed by atoms with Crippen LogP contribution in [0.4, 0.5) is 0 Å². The van der Waals surface area contributed by atoms with Gasteiger partial charge in [-0.1, -0.05) is 34.6 Å². The number of rotatable bonds is 4. The third-order valence-corrected chi connectivity index (χ3v) is 5.60. The Bertz CT molecular complexity index is 286. The van der Waals surface area contributed by atoms with Gasteiger partial charge in [-0.15, -0.1) is 0 Å². The molecule has 1 saturated carbocycles. The van der Waals surface area contributed by atoms with Crippen molar-refractivity contribution in [3.8, 4) is 0 Å². The summed E-state index contributed by atoms with van der Waals surface area (Å²) in [6.07, 6.45) is 5.53. The fourth-order valence-corrected chi connectivity index (χ4v) is 4.05. The van der Waals surface area contributed by atoms with E-state index in [9.17, 15) is 0 Å². The second-order valence-corrected chi connectivity index (χ2v) is 8.29.